The number of pyridine rings is 1. The van der Waals surface area contributed by atoms with E-state index in [2.05, 4.69) is 9.72 Å². The molecule has 1 heterocycles. The lowest BCUT2D eigenvalue weighted by molar-refractivity contribution is -0.0498. The van der Waals surface area contributed by atoms with E-state index in [0.29, 0.717) is 0 Å². The lowest BCUT2D eigenvalue weighted by Gasteiger charge is -2.05. The van der Waals surface area contributed by atoms with E-state index in [0.717, 1.165) is 24.0 Å². The molecule has 0 atom stereocenters. The monoisotopic (exact) mass is 249 g/mol. The molecule has 0 saturated carbocycles. The highest BCUT2D eigenvalue weighted by atomic mass is 19.3. The minimum atomic E-state index is -2.77. The molecular formula is C14H13F2NO. The van der Waals surface area contributed by atoms with Gasteiger partial charge in [-0.15, -0.1) is 0 Å². The highest BCUT2D eigenvalue weighted by Gasteiger charge is 2.03. The van der Waals surface area contributed by atoms with Crippen LogP contribution in [0.3, 0.4) is 0 Å². The first-order chi connectivity index (χ1) is 8.74. The number of benzene rings is 1. The van der Waals surface area contributed by atoms with Crippen molar-refractivity contribution >= 4 is 0 Å². The predicted molar refractivity (Wildman–Crippen MR) is 64.7 cm³/mol. The number of halogens is 2. The Bertz CT molecular complexity index is 471. The summed E-state index contributed by atoms with van der Waals surface area (Å²) in [7, 11) is 0. The SMILES string of the molecule is FC(F)Oc1ccc(CCc2cccnc2)cc1. The van der Waals surface area contributed by atoms with Gasteiger partial charge < -0.3 is 4.74 Å². The maximum atomic E-state index is 12.0. The van der Waals surface area contributed by atoms with Gasteiger partial charge in [0.2, 0.25) is 0 Å². The highest BCUT2D eigenvalue weighted by molar-refractivity contribution is 5.28. The van der Waals surface area contributed by atoms with Gasteiger partial charge in [0, 0.05) is 12.4 Å². The predicted octanol–water partition coefficient (Wildman–Crippen LogP) is 3.47. The van der Waals surface area contributed by atoms with E-state index in [4.69, 9.17) is 0 Å². The molecule has 94 valence electrons. The van der Waals surface area contributed by atoms with Crippen molar-refractivity contribution in [3.05, 3.63) is 59.9 Å². The van der Waals surface area contributed by atoms with Gasteiger partial charge in [-0.3, -0.25) is 4.98 Å². The lowest BCUT2D eigenvalue weighted by Crippen LogP contribution is -2.01. The Labute approximate surface area is 104 Å². The average molecular weight is 249 g/mol. The number of ether oxygens (including phenoxy) is 1. The molecule has 0 fully saturated rings. The van der Waals surface area contributed by atoms with Gasteiger partial charge in [-0.1, -0.05) is 18.2 Å². The maximum absolute atomic E-state index is 12.0. The molecule has 0 amide bonds. The second-order valence-electron chi connectivity index (χ2n) is 3.88. The summed E-state index contributed by atoms with van der Waals surface area (Å²) in [5, 5.41) is 0. The highest BCUT2D eigenvalue weighted by Crippen LogP contribution is 2.16. The van der Waals surface area contributed by atoms with Crippen molar-refractivity contribution in [3.63, 3.8) is 0 Å². The molecule has 0 unspecified atom stereocenters. The van der Waals surface area contributed by atoms with E-state index in [1.54, 1.807) is 30.5 Å². The fourth-order valence-corrected chi connectivity index (χ4v) is 1.67. The van der Waals surface area contributed by atoms with Crippen LogP contribution in [0.25, 0.3) is 0 Å². The minimum Gasteiger partial charge on any atom is -0.435 e. The third-order valence-electron chi connectivity index (χ3n) is 2.57. The molecule has 18 heavy (non-hydrogen) atoms. The molecular weight excluding hydrogens is 236 g/mol. The molecule has 0 aliphatic carbocycles. The first-order valence-corrected chi connectivity index (χ1v) is 5.67. The topological polar surface area (TPSA) is 22.1 Å². The molecule has 2 aromatic rings. The number of hydrogen-bond acceptors (Lipinski definition) is 2. The standard InChI is InChI=1S/C14H13F2NO/c15-14(16)18-13-7-5-11(6-8-13)3-4-12-2-1-9-17-10-12/h1-2,5-10,14H,3-4H2. The Morgan fingerprint density at radius 2 is 1.72 bits per heavy atom. The Hall–Kier alpha value is -1.97. The first kappa shape index (κ1) is 12.5. The molecule has 0 N–H and O–H groups in total. The molecule has 0 spiro atoms. The molecule has 0 aliphatic heterocycles. The van der Waals surface area contributed by atoms with Crippen LogP contribution >= 0.6 is 0 Å². The van der Waals surface area contributed by atoms with Crippen molar-refractivity contribution in [2.24, 2.45) is 0 Å². The average Bonchev–Trinajstić information content (AvgIpc) is 2.38. The van der Waals surface area contributed by atoms with Crippen LogP contribution in [0.15, 0.2) is 48.8 Å². The van der Waals surface area contributed by atoms with Crippen molar-refractivity contribution in [1.29, 1.82) is 0 Å². The molecule has 2 nitrogen and oxygen atoms in total. The zero-order valence-corrected chi connectivity index (χ0v) is 9.72. The molecule has 1 aromatic carbocycles. The second-order valence-corrected chi connectivity index (χ2v) is 3.88. The van der Waals surface area contributed by atoms with Gasteiger partial charge in [-0.2, -0.15) is 8.78 Å². The van der Waals surface area contributed by atoms with Crippen LogP contribution in [0.2, 0.25) is 0 Å². The third-order valence-corrected chi connectivity index (χ3v) is 2.57. The van der Waals surface area contributed by atoms with Crippen LogP contribution in [0.5, 0.6) is 5.75 Å². The van der Waals surface area contributed by atoms with E-state index >= 15 is 0 Å². The Morgan fingerprint density at radius 3 is 2.33 bits per heavy atom. The second kappa shape index (κ2) is 6.10. The molecule has 0 saturated heterocycles. The van der Waals surface area contributed by atoms with Crippen LogP contribution in [0, 0.1) is 0 Å². The molecule has 4 heteroatoms. The van der Waals surface area contributed by atoms with Crippen molar-refractivity contribution in [2.45, 2.75) is 19.5 Å². The maximum Gasteiger partial charge on any atom is 0.387 e. The molecule has 0 radical (unpaired) electrons. The summed E-state index contributed by atoms with van der Waals surface area (Å²) in [4.78, 5) is 4.04. The summed E-state index contributed by atoms with van der Waals surface area (Å²) in [6, 6.07) is 10.6. The van der Waals surface area contributed by atoms with Gasteiger partial charge in [0.15, 0.2) is 0 Å². The zero-order valence-electron chi connectivity index (χ0n) is 9.72. The van der Waals surface area contributed by atoms with Crippen LogP contribution in [-0.4, -0.2) is 11.6 Å². The number of alkyl halides is 2. The van der Waals surface area contributed by atoms with E-state index in [-0.39, 0.29) is 5.75 Å². The van der Waals surface area contributed by atoms with Gasteiger partial charge in [-0.25, -0.2) is 0 Å². The van der Waals surface area contributed by atoms with E-state index in [9.17, 15) is 8.78 Å². The number of aromatic nitrogens is 1. The summed E-state index contributed by atoms with van der Waals surface area (Å²) in [6.45, 7) is -2.77. The largest absolute Gasteiger partial charge is 0.435 e. The minimum absolute atomic E-state index is 0.190. The number of rotatable bonds is 5. The number of hydrogen-bond donors (Lipinski definition) is 0. The third kappa shape index (κ3) is 3.80. The summed E-state index contributed by atoms with van der Waals surface area (Å²) < 4.78 is 28.2. The molecule has 1 aromatic heterocycles. The molecule has 0 aliphatic rings. The fourth-order valence-electron chi connectivity index (χ4n) is 1.67. The van der Waals surface area contributed by atoms with Crippen molar-refractivity contribution in [3.8, 4) is 5.75 Å². The first-order valence-electron chi connectivity index (χ1n) is 5.67. The quantitative estimate of drug-likeness (QED) is 0.809. The van der Waals surface area contributed by atoms with Crippen LogP contribution < -0.4 is 4.74 Å². The van der Waals surface area contributed by atoms with Gasteiger partial charge >= 0.3 is 6.61 Å². The number of nitrogens with zero attached hydrogens (tertiary/aromatic N) is 1. The van der Waals surface area contributed by atoms with Gasteiger partial charge in [-0.05, 0) is 42.2 Å². The van der Waals surface area contributed by atoms with Crippen LogP contribution in [0.1, 0.15) is 11.1 Å². The van der Waals surface area contributed by atoms with Gasteiger partial charge in [0.05, 0.1) is 0 Å². The fraction of sp³-hybridized carbons (Fsp3) is 0.214. The Balaban J connectivity index is 1.90. The normalized spacial score (nSPS) is 10.6. The van der Waals surface area contributed by atoms with Crippen LogP contribution in [-0.2, 0) is 12.8 Å². The van der Waals surface area contributed by atoms with Gasteiger partial charge in [0.1, 0.15) is 5.75 Å². The summed E-state index contributed by atoms with van der Waals surface area (Å²) in [5.74, 6) is 0.190. The number of aryl methyl sites for hydroxylation is 2. The van der Waals surface area contributed by atoms with E-state index < -0.39 is 6.61 Å². The molecule has 0 bridgehead atoms. The Morgan fingerprint density at radius 1 is 1.00 bits per heavy atom. The lowest BCUT2D eigenvalue weighted by atomic mass is 10.1. The zero-order chi connectivity index (χ0) is 12.8. The van der Waals surface area contributed by atoms with Crippen molar-refractivity contribution in [1.82, 2.24) is 4.98 Å². The van der Waals surface area contributed by atoms with E-state index in [1.165, 1.54) is 0 Å². The van der Waals surface area contributed by atoms with Crippen LogP contribution in [0.4, 0.5) is 8.78 Å². The molecule has 2 rings (SSSR count). The van der Waals surface area contributed by atoms with Gasteiger partial charge in [0.25, 0.3) is 0 Å². The Kier molecular flexibility index (Phi) is 4.23. The van der Waals surface area contributed by atoms with E-state index in [1.807, 2.05) is 18.3 Å². The summed E-state index contributed by atoms with van der Waals surface area (Å²) >= 11 is 0. The summed E-state index contributed by atoms with van der Waals surface area (Å²) in [6.07, 6.45) is 5.29. The van der Waals surface area contributed by atoms with Crippen molar-refractivity contribution in [2.75, 3.05) is 0 Å². The smallest absolute Gasteiger partial charge is 0.387 e. The van der Waals surface area contributed by atoms with Crippen molar-refractivity contribution < 1.29 is 13.5 Å². The summed E-state index contributed by atoms with van der Waals surface area (Å²) in [5.41, 5.74) is 2.24.